The lowest BCUT2D eigenvalue weighted by Crippen LogP contribution is -2.44. The number of benzene rings is 1. The summed E-state index contributed by atoms with van der Waals surface area (Å²) in [5.74, 6) is 1.26. The summed E-state index contributed by atoms with van der Waals surface area (Å²) < 4.78 is 0. The number of aromatic nitrogens is 3. The Kier molecular flexibility index (Phi) is 5.07. The average Bonchev–Trinajstić information content (AvgIpc) is 3.13. The summed E-state index contributed by atoms with van der Waals surface area (Å²) in [5, 5.41) is 5.01. The number of ketones is 1. The van der Waals surface area contributed by atoms with Crippen molar-refractivity contribution in [2.75, 3.05) is 55.4 Å². The van der Waals surface area contributed by atoms with Crippen molar-refractivity contribution in [1.82, 2.24) is 19.9 Å². The molecule has 0 saturated carbocycles. The summed E-state index contributed by atoms with van der Waals surface area (Å²) in [5.41, 5.74) is 3.50. The van der Waals surface area contributed by atoms with Gasteiger partial charge in [-0.15, -0.1) is 11.3 Å². The van der Waals surface area contributed by atoms with Crippen molar-refractivity contribution in [2.45, 2.75) is 13.3 Å². The molecule has 2 aliphatic heterocycles. The third kappa shape index (κ3) is 3.86. The van der Waals surface area contributed by atoms with Crippen LogP contribution in [0.4, 0.5) is 28.1 Å². The summed E-state index contributed by atoms with van der Waals surface area (Å²) in [6.07, 6.45) is 2.00. The minimum absolute atomic E-state index is 0.00811. The minimum atomic E-state index is 0.00811. The number of carbonyl (C=O) groups is 1. The number of thiazole rings is 1. The molecule has 1 aromatic carbocycles. The highest BCUT2D eigenvalue weighted by atomic mass is 32.1. The van der Waals surface area contributed by atoms with Crippen molar-refractivity contribution in [1.29, 1.82) is 0 Å². The van der Waals surface area contributed by atoms with E-state index in [1.54, 1.807) is 6.20 Å². The molecule has 8 nitrogen and oxygen atoms in total. The van der Waals surface area contributed by atoms with Crippen molar-refractivity contribution < 1.29 is 4.79 Å². The van der Waals surface area contributed by atoms with Gasteiger partial charge in [-0.2, -0.15) is 4.98 Å². The lowest BCUT2D eigenvalue weighted by molar-refractivity contribution is 0.0990. The number of Topliss-reactive ketones (excluding diaryl/α,β-unsaturated/α-hetero) is 1. The van der Waals surface area contributed by atoms with Gasteiger partial charge in [0.05, 0.1) is 5.01 Å². The van der Waals surface area contributed by atoms with Gasteiger partial charge >= 0.3 is 0 Å². The molecule has 4 heterocycles. The van der Waals surface area contributed by atoms with Crippen molar-refractivity contribution in [3.63, 3.8) is 0 Å². The van der Waals surface area contributed by atoms with Crippen LogP contribution in [0.15, 0.2) is 30.5 Å². The number of aryl methyl sites for hydroxylation is 1. The molecule has 0 radical (unpaired) electrons. The maximum absolute atomic E-state index is 12.6. The van der Waals surface area contributed by atoms with Gasteiger partial charge in [0.2, 0.25) is 5.95 Å². The molecule has 3 aromatic rings. The summed E-state index contributed by atoms with van der Waals surface area (Å²) in [6, 6.07) is 8.38. The molecule has 31 heavy (non-hydrogen) atoms. The fourth-order valence-corrected chi connectivity index (χ4v) is 4.90. The second kappa shape index (κ2) is 7.90. The van der Waals surface area contributed by atoms with Gasteiger partial charge < -0.3 is 20.0 Å². The molecule has 0 atom stereocenters. The average molecular weight is 436 g/mol. The van der Waals surface area contributed by atoms with Crippen LogP contribution in [-0.2, 0) is 6.42 Å². The Balaban J connectivity index is 1.36. The van der Waals surface area contributed by atoms with Gasteiger partial charge in [-0.3, -0.25) is 4.79 Å². The first kappa shape index (κ1) is 19.9. The van der Waals surface area contributed by atoms with E-state index in [4.69, 9.17) is 4.98 Å². The third-order valence-corrected chi connectivity index (χ3v) is 6.83. The van der Waals surface area contributed by atoms with Crippen molar-refractivity contribution in [3.05, 3.63) is 46.7 Å². The molecule has 0 bridgehead atoms. The van der Waals surface area contributed by atoms with E-state index in [0.29, 0.717) is 11.6 Å². The van der Waals surface area contributed by atoms with Crippen LogP contribution in [-0.4, -0.2) is 65.9 Å². The highest BCUT2D eigenvalue weighted by Gasteiger charge is 2.28. The molecule has 5 rings (SSSR count). The number of hydrogen-bond donors (Lipinski definition) is 1. The van der Waals surface area contributed by atoms with Gasteiger partial charge in [0.1, 0.15) is 16.5 Å². The maximum atomic E-state index is 12.6. The first-order valence-electron chi connectivity index (χ1n) is 10.4. The van der Waals surface area contributed by atoms with E-state index in [1.807, 2.05) is 18.9 Å². The first-order valence-corrected chi connectivity index (χ1v) is 11.2. The number of fused-ring (bicyclic) bond motifs is 2. The highest BCUT2D eigenvalue weighted by molar-refractivity contribution is 7.16. The third-order valence-electron chi connectivity index (χ3n) is 5.79. The van der Waals surface area contributed by atoms with E-state index >= 15 is 0 Å². The zero-order chi connectivity index (χ0) is 21.5. The number of piperazine rings is 1. The molecule has 0 unspecified atom stereocenters. The van der Waals surface area contributed by atoms with E-state index in [9.17, 15) is 4.79 Å². The SMILES string of the molecule is Cc1nc2c(s1)N(C)c1nc(Nc3ccc(N4CCN(C)CC4)cc3)ncc1CC2=O. The number of anilines is 5. The minimum Gasteiger partial charge on any atom is -0.369 e. The van der Waals surface area contributed by atoms with Crippen LogP contribution in [0.3, 0.4) is 0 Å². The van der Waals surface area contributed by atoms with Gasteiger partial charge in [0, 0.05) is 62.8 Å². The predicted molar refractivity (Wildman–Crippen MR) is 124 cm³/mol. The summed E-state index contributed by atoms with van der Waals surface area (Å²) in [7, 11) is 4.09. The Morgan fingerprint density at radius 2 is 1.77 bits per heavy atom. The van der Waals surface area contributed by atoms with Crippen molar-refractivity contribution in [2.24, 2.45) is 0 Å². The van der Waals surface area contributed by atoms with Crippen LogP contribution in [0.1, 0.15) is 21.1 Å². The topological polar surface area (TPSA) is 77.5 Å². The van der Waals surface area contributed by atoms with Crippen LogP contribution < -0.4 is 15.1 Å². The maximum Gasteiger partial charge on any atom is 0.229 e. The molecule has 1 fully saturated rings. The standard InChI is InChI=1S/C22H25N7OS/c1-14-24-19-18(30)12-15-13-23-22(26-20(15)28(3)21(19)31-14)25-16-4-6-17(7-5-16)29-10-8-27(2)9-11-29/h4-7,13H,8-12H2,1-3H3,(H,23,25,26). The Hall–Kier alpha value is -3.04. The van der Waals surface area contributed by atoms with Crippen molar-refractivity contribution in [3.8, 4) is 0 Å². The molecule has 1 N–H and O–H groups in total. The Bertz CT molecular complexity index is 1120. The Labute approximate surface area is 185 Å². The smallest absolute Gasteiger partial charge is 0.229 e. The van der Waals surface area contributed by atoms with Crippen LogP contribution in [0, 0.1) is 6.92 Å². The van der Waals surface area contributed by atoms with E-state index in [-0.39, 0.29) is 12.2 Å². The molecule has 1 saturated heterocycles. The molecular weight excluding hydrogens is 410 g/mol. The van der Waals surface area contributed by atoms with Gasteiger partial charge in [-0.1, -0.05) is 0 Å². The largest absolute Gasteiger partial charge is 0.369 e. The van der Waals surface area contributed by atoms with Gasteiger partial charge in [-0.25, -0.2) is 9.97 Å². The predicted octanol–water partition coefficient (Wildman–Crippen LogP) is 3.24. The lowest BCUT2D eigenvalue weighted by Gasteiger charge is -2.34. The lowest BCUT2D eigenvalue weighted by atomic mass is 10.1. The van der Waals surface area contributed by atoms with Gasteiger partial charge in [0.25, 0.3) is 0 Å². The molecule has 2 aromatic heterocycles. The first-order chi connectivity index (χ1) is 15.0. The fourth-order valence-electron chi connectivity index (χ4n) is 4.00. The van der Waals surface area contributed by atoms with Crippen LogP contribution >= 0.6 is 11.3 Å². The monoisotopic (exact) mass is 435 g/mol. The Morgan fingerprint density at radius 1 is 1.03 bits per heavy atom. The second-order valence-electron chi connectivity index (χ2n) is 8.05. The number of nitrogens with one attached hydrogen (secondary N) is 1. The Morgan fingerprint density at radius 3 is 2.52 bits per heavy atom. The second-order valence-corrected chi connectivity index (χ2v) is 9.23. The number of carbonyl (C=O) groups excluding carboxylic acids is 1. The number of likely N-dealkylation sites (N-methyl/N-ethyl adjacent to an activating group) is 1. The van der Waals surface area contributed by atoms with Gasteiger partial charge in [0.15, 0.2) is 5.78 Å². The summed E-state index contributed by atoms with van der Waals surface area (Å²) >= 11 is 1.51. The molecule has 2 aliphatic rings. The molecule has 0 spiro atoms. The van der Waals surface area contributed by atoms with Crippen molar-refractivity contribution >= 4 is 45.3 Å². The molecule has 0 aliphatic carbocycles. The van der Waals surface area contributed by atoms with Crippen LogP contribution in [0.5, 0.6) is 0 Å². The quantitative estimate of drug-likeness (QED) is 0.672. The molecule has 9 heteroatoms. The van der Waals surface area contributed by atoms with E-state index in [0.717, 1.165) is 53.3 Å². The van der Waals surface area contributed by atoms with E-state index < -0.39 is 0 Å². The number of nitrogens with zero attached hydrogens (tertiary/aromatic N) is 6. The zero-order valence-corrected chi connectivity index (χ0v) is 18.7. The van der Waals surface area contributed by atoms with Crippen LogP contribution in [0.2, 0.25) is 0 Å². The van der Waals surface area contributed by atoms with Crippen LogP contribution in [0.25, 0.3) is 0 Å². The highest BCUT2D eigenvalue weighted by Crippen LogP contribution is 2.37. The van der Waals surface area contributed by atoms with E-state index in [1.165, 1.54) is 17.0 Å². The summed E-state index contributed by atoms with van der Waals surface area (Å²) in [4.78, 5) is 32.9. The number of hydrogen-bond acceptors (Lipinski definition) is 9. The number of rotatable bonds is 3. The van der Waals surface area contributed by atoms with Gasteiger partial charge in [-0.05, 0) is 38.2 Å². The fraction of sp³-hybridized carbons (Fsp3) is 0.364. The normalized spacial score (nSPS) is 16.7. The molecule has 0 amide bonds. The summed E-state index contributed by atoms with van der Waals surface area (Å²) in [6.45, 7) is 6.17. The molecule has 160 valence electrons. The molecular formula is C22H25N7OS. The zero-order valence-electron chi connectivity index (χ0n) is 17.9. The van der Waals surface area contributed by atoms with E-state index in [2.05, 4.69) is 56.4 Å².